The maximum Gasteiger partial charge on any atom is 0.271 e. The minimum atomic E-state index is 0.0336. The monoisotopic (exact) mass is 266 g/mol. The zero-order chi connectivity index (χ0) is 13.1. The summed E-state index contributed by atoms with van der Waals surface area (Å²) in [6, 6.07) is 0. The van der Waals surface area contributed by atoms with Crippen LogP contribution in [0.5, 0.6) is 0 Å². The SMILES string of the molecule is Cc1csc2c(=O)n(CCOCC(C)C)cnc12. The summed E-state index contributed by atoms with van der Waals surface area (Å²) < 4.78 is 7.85. The molecule has 2 aromatic rings. The smallest absolute Gasteiger partial charge is 0.271 e. The van der Waals surface area contributed by atoms with Crippen molar-refractivity contribution < 1.29 is 4.74 Å². The van der Waals surface area contributed by atoms with Crippen LogP contribution in [-0.2, 0) is 11.3 Å². The summed E-state index contributed by atoms with van der Waals surface area (Å²) in [7, 11) is 0. The van der Waals surface area contributed by atoms with Crippen LogP contribution in [0, 0.1) is 12.8 Å². The third-order valence-corrected chi connectivity index (χ3v) is 3.73. The third kappa shape index (κ3) is 2.79. The van der Waals surface area contributed by atoms with Gasteiger partial charge in [0.15, 0.2) is 0 Å². The Bertz CT molecular complexity index is 586. The largest absolute Gasteiger partial charge is 0.379 e. The first-order chi connectivity index (χ1) is 8.59. The zero-order valence-corrected chi connectivity index (χ0v) is 11.8. The normalized spacial score (nSPS) is 11.6. The Morgan fingerprint density at radius 1 is 1.50 bits per heavy atom. The first-order valence-electron chi connectivity index (χ1n) is 6.10. The van der Waals surface area contributed by atoms with Gasteiger partial charge >= 0.3 is 0 Å². The predicted molar refractivity (Wildman–Crippen MR) is 74.3 cm³/mol. The highest BCUT2D eigenvalue weighted by Crippen LogP contribution is 2.19. The van der Waals surface area contributed by atoms with Crippen LogP contribution in [0.1, 0.15) is 19.4 Å². The zero-order valence-electron chi connectivity index (χ0n) is 11.0. The number of hydrogen-bond donors (Lipinski definition) is 0. The number of rotatable bonds is 5. The summed E-state index contributed by atoms with van der Waals surface area (Å²) in [6.45, 7) is 8.02. The van der Waals surface area contributed by atoms with Gasteiger partial charge in [0.25, 0.3) is 5.56 Å². The summed E-state index contributed by atoms with van der Waals surface area (Å²) in [5.74, 6) is 0.516. The topological polar surface area (TPSA) is 44.1 Å². The molecule has 4 nitrogen and oxygen atoms in total. The standard InChI is InChI=1S/C13H18N2O2S/c1-9(2)6-17-5-4-15-8-14-11-10(3)7-18-12(11)13(15)16/h7-9H,4-6H2,1-3H3. The van der Waals surface area contributed by atoms with Crippen molar-refractivity contribution in [1.82, 2.24) is 9.55 Å². The van der Waals surface area contributed by atoms with E-state index in [4.69, 9.17) is 4.74 Å². The van der Waals surface area contributed by atoms with Crippen LogP contribution in [0.3, 0.4) is 0 Å². The van der Waals surface area contributed by atoms with E-state index in [1.54, 1.807) is 10.9 Å². The van der Waals surface area contributed by atoms with Crippen molar-refractivity contribution in [2.24, 2.45) is 5.92 Å². The molecule has 0 atom stereocenters. The first-order valence-corrected chi connectivity index (χ1v) is 6.98. The Kier molecular flexibility index (Phi) is 4.14. The lowest BCUT2D eigenvalue weighted by Crippen LogP contribution is -2.22. The van der Waals surface area contributed by atoms with Crippen LogP contribution in [0.15, 0.2) is 16.5 Å². The highest BCUT2D eigenvalue weighted by molar-refractivity contribution is 7.17. The van der Waals surface area contributed by atoms with Crippen molar-refractivity contribution in [3.8, 4) is 0 Å². The quantitative estimate of drug-likeness (QED) is 0.781. The summed E-state index contributed by atoms with van der Waals surface area (Å²) >= 11 is 1.46. The molecule has 2 aromatic heterocycles. The number of fused-ring (bicyclic) bond motifs is 1. The molecule has 0 N–H and O–H groups in total. The fourth-order valence-corrected chi connectivity index (χ4v) is 2.65. The van der Waals surface area contributed by atoms with Crippen LogP contribution in [0.4, 0.5) is 0 Å². The Morgan fingerprint density at radius 2 is 2.28 bits per heavy atom. The van der Waals surface area contributed by atoms with Gasteiger partial charge in [-0.2, -0.15) is 0 Å². The van der Waals surface area contributed by atoms with Gasteiger partial charge in [-0.3, -0.25) is 9.36 Å². The van der Waals surface area contributed by atoms with Crippen molar-refractivity contribution >= 4 is 21.6 Å². The van der Waals surface area contributed by atoms with E-state index in [0.717, 1.165) is 22.4 Å². The van der Waals surface area contributed by atoms with Gasteiger partial charge < -0.3 is 4.74 Å². The number of thiophene rings is 1. The van der Waals surface area contributed by atoms with Crippen molar-refractivity contribution in [3.05, 3.63) is 27.6 Å². The molecule has 0 amide bonds. The highest BCUT2D eigenvalue weighted by atomic mass is 32.1. The third-order valence-electron chi connectivity index (χ3n) is 2.65. The Balaban J connectivity index is 2.10. The molecular formula is C13H18N2O2S. The lowest BCUT2D eigenvalue weighted by molar-refractivity contribution is 0.102. The first kappa shape index (κ1) is 13.2. The van der Waals surface area contributed by atoms with Crippen LogP contribution in [0.25, 0.3) is 10.2 Å². The van der Waals surface area contributed by atoms with E-state index in [1.807, 2.05) is 12.3 Å². The molecule has 0 aliphatic carbocycles. The van der Waals surface area contributed by atoms with E-state index in [2.05, 4.69) is 18.8 Å². The van der Waals surface area contributed by atoms with Gasteiger partial charge in [-0.15, -0.1) is 11.3 Å². The second-order valence-electron chi connectivity index (χ2n) is 4.81. The van der Waals surface area contributed by atoms with Crippen molar-refractivity contribution in [1.29, 1.82) is 0 Å². The average molecular weight is 266 g/mol. The van der Waals surface area contributed by atoms with E-state index in [-0.39, 0.29) is 5.56 Å². The molecule has 0 radical (unpaired) electrons. The van der Waals surface area contributed by atoms with E-state index in [1.165, 1.54) is 11.3 Å². The molecule has 2 rings (SSSR count). The van der Waals surface area contributed by atoms with Crippen LogP contribution in [-0.4, -0.2) is 22.8 Å². The average Bonchev–Trinajstić information content (AvgIpc) is 2.70. The summed E-state index contributed by atoms with van der Waals surface area (Å²) in [4.78, 5) is 16.5. The summed E-state index contributed by atoms with van der Waals surface area (Å²) in [5.41, 5.74) is 1.92. The fraction of sp³-hybridized carbons (Fsp3) is 0.538. The Hall–Kier alpha value is -1.20. The maximum absolute atomic E-state index is 12.1. The van der Waals surface area contributed by atoms with Gasteiger partial charge in [-0.25, -0.2) is 4.98 Å². The number of aromatic nitrogens is 2. The van der Waals surface area contributed by atoms with Crippen LogP contribution < -0.4 is 5.56 Å². The van der Waals surface area contributed by atoms with Crippen LogP contribution in [0.2, 0.25) is 0 Å². The molecule has 0 aliphatic rings. The molecule has 0 saturated carbocycles. The van der Waals surface area contributed by atoms with Gasteiger partial charge in [-0.1, -0.05) is 13.8 Å². The van der Waals surface area contributed by atoms with E-state index >= 15 is 0 Å². The summed E-state index contributed by atoms with van der Waals surface area (Å²) in [6.07, 6.45) is 1.61. The highest BCUT2D eigenvalue weighted by Gasteiger charge is 2.08. The molecular weight excluding hydrogens is 248 g/mol. The van der Waals surface area contributed by atoms with Crippen molar-refractivity contribution in [2.75, 3.05) is 13.2 Å². The summed E-state index contributed by atoms with van der Waals surface area (Å²) in [5, 5.41) is 1.97. The predicted octanol–water partition coefficient (Wildman–Crippen LogP) is 2.44. The minimum Gasteiger partial charge on any atom is -0.379 e. The second kappa shape index (κ2) is 5.63. The van der Waals surface area contributed by atoms with Gasteiger partial charge in [0.2, 0.25) is 0 Å². The molecule has 0 spiro atoms. The lowest BCUT2D eigenvalue weighted by Gasteiger charge is -2.08. The molecule has 98 valence electrons. The molecule has 0 unspecified atom stereocenters. The molecule has 0 saturated heterocycles. The molecule has 5 heteroatoms. The maximum atomic E-state index is 12.1. The molecule has 0 aromatic carbocycles. The van der Waals surface area contributed by atoms with Gasteiger partial charge in [-0.05, 0) is 23.8 Å². The van der Waals surface area contributed by atoms with Gasteiger partial charge in [0, 0.05) is 6.61 Å². The van der Waals surface area contributed by atoms with Crippen LogP contribution >= 0.6 is 11.3 Å². The lowest BCUT2D eigenvalue weighted by atomic mass is 10.2. The second-order valence-corrected chi connectivity index (χ2v) is 5.69. The molecule has 0 aliphatic heterocycles. The minimum absolute atomic E-state index is 0.0336. The fourth-order valence-electron chi connectivity index (χ4n) is 1.70. The number of aryl methyl sites for hydroxylation is 1. The van der Waals surface area contributed by atoms with Crippen molar-refractivity contribution in [2.45, 2.75) is 27.3 Å². The van der Waals surface area contributed by atoms with Gasteiger partial charge in [0.05, 0.1) is 25.0 Å². The number of ether oxygens (including phenoxy) is 1. The molecule has 0 fully saturated rings. The van der Waals surface area contributed by atoms with Gasteiger partial charge in [0.1, 0.15) is 4.70 Å². The van der Waals surface area contributed by atoms with E-state index in [9.17, 15) is 4.79 Å². The van der Waals surface area contributed by atoms with Crippen molar-refractivity contribution in [3.63, 3.8) is 0 Å². The molecule has 0 bridgehead atoms. The van der Waals surface area contributed by atoms with E-state index in [0.29, 0.717) is 19.1 Å². The molecule has 18 heavy (non-hydrogen) atoms. The number of nitrogens with zero attached hydrogens (tertiary/aromatic N) is 2. The van der Waals surface area contributed by atoms with E-state index < -0.39 is 0 Å². The number of hydrogen-bond acceptors (Lipinski definition) is 4. The Morgan fingerprint density at radius 3 is 3.00 bits per heavy atom. The molecule has 2 heterocycles. The Labute approximate surface area is 110 Å².